The molecule has 14 nitrogen and oxygen atoms in total. The number of hydrogen-bond acceptors (Lipinski definition) is 15. The second-order valence-electron chi connectivity index (χ2n) is 15.1. The van der Waals surface area contributed by atoms with Crippen LogP contribution in [0.1, 0.15) is 82.4 Å². The van der Waals surface area contributed by atoms with Crippen molar-refractivity contribution >= 4 is 40.6 Å². The molecule has 1 atom stereocenters. The first-order valence-corrected chi connectivity index (χ1v) is 20.2. The Labute approximate surface area is 353 Å². The number of fused-ring (bicyclic) bond motifs is 2. The molecule has 2 aliphatic heterocycles. The molecule has 3 heterocycles. The summed E-state index contributed by atoms with van der Waals surface area (Å²) in [6, 6.07) is 17.2. The molecule has 0 fully saturated rings. The summed E-state index contributed by atoms with van der Waals surface area (Å²) < 4.78 is 59.9. The number of rotatable bonds is 15. The maximum absolute atomic E-state index is 13.6. The van der Waals surface area contributed by atoms with Crippen LogP contribution < -0.4 is 37.9 Å². The Bertz CT molecular complexity index is 2390. The lowest BCUT2D eigenvalue weighted by atomic mass is 9.87. The molecular formula is C45H50N2O12S. The van der Waals surface area contributed by atoms with Crippen LogP contribution in [0.4, 0.5) is 0 Å². The molecule has 4 aromatic carbocycles. The van der Waals surface area contributed by atoms with Gasteiger partial charge in [0.05, 0.1) is 55.9 Å². The molecule has 1 aromatic heterocycles. The third-order valence-corrected chi connectivity index (χ3v) is 9.53. The van der Waals surface area contributed by atoms with Gasteiger partial charge >= 0.3 is 5.97 Å². The molecule has 5 aromatic rings. The minimum atomic E-state index is -2.10. The predicted octanol–water partition coefficient (Wildman–Crippen LogP) is 8.48. The van der Waals surface area contributed by atoms with Gasteiger partial charge in [0.15, 0.2) is 34.5 Å². The van der Waals surface area contributed by atoms with Gasteiger partial charge in [-0.2, -0.15) is 8.75 Å². The Morgan fingerprint density at radius 3 is 1.90 bits per heavy atom. The molecule has 7 rings (SSSR count). The fourth-order valence-corrected chi connectivity index (χ4v) is 7.13. The number of esters is 1. The first-order valence-electron chi connectivity index (χ1n) is 19.5. The van der Waals surface area contributed by atoms with Crippen molar-refractivity contribution in [2.24, 2.45) is 0 Å². The third kappa shape index (κ3) is 9.53. The number of methoxy groups -OCH3 is 2. The summed E-state index contributed by atoms with van der Waals surface area (Å²) in [5.41, 5.74) is 4.01. The maximum Gasteiger partial charge on any atom is 0.342 e. The number of carbonyl (C=O) groups excluding carboxylic acids is 2. The topological polar surface area (TPSA) is 163 Å². The van der Waals surface area contributed by atoms with Crippen molar-refractivity contribution in [3.63, 3.8) is 0 Å². The summed E-state index contributed by atoms with van der Waals surface area (Å²) >= 11 is 1.09. The number of hydrogen-bond donors (Lipinski definition) is 1. The zero-order chi connectivity index (χ0) is 43.3. The van der Waals surface area contributed by atoms with Crippen molar-refractivity contribution in [3.05, 3.63) is 88.5 Å². The zero-order valence-electron chi connectivity index (χ0n) is 35.3. The Morgan fingerprint density at radius 2 is 1.28 bits per heavy atom. The quantitative estimate of drug-likeness (QED) is 0.0788. The lowest BCUT2D eigenvalue weighted by Crippen LogP contribution is -2.29. The Hall–Kier alpha value is -6.06. The summed E-state index contributed by atoms with van der Waals surface area (Å²) in [4.78, 5) is 24.5. The number of cyclic esters (lactones) is 1. The van der Waals surface area contributed by atoms with Crippen LogP contribution in [0.3, 0.4) is 0 Å². The molecule has 0 aliphatic carbocycles. The molecule has 0 saturated heterocycles. The first-order chi connectivity index (χ1) is 28.6. The van der Waals surface area contributed by atoms with Gasteiger partial charge in [0, 0.05) is 23.1 Å². The van der Waals surface area contributed by atoms with E-state index in [-0.39, 0.29) is 43.2 Å². The summed E-state index contributed by atoms with van der Waals surface area (Å²) in [7, 11) is 3.09. The fraction of sp³-hybridized carbons (Fsp3) is 0.378. The number of ether oxygens (including phenoxy) is 9. The van der Waals surface area contributed by atoms with Crippen molar-refractivity contribution < 1.29 is 57.3 Å². The molecular weight excluding hydrogens is 793 g/mol. The van der Waals surface area contributed by atoms with E-state index in [1.165, 1.54) is 7.11 Å². The molecule has 0 radical (unpaired) electrons. The van der Waals surface area contributed by atoms with E-state index in [0.29, 0.717) is 84.9 Å². The van der Waals surface area contributed by atoms with Gasteiger partial charge in [-0.05, 0) is 121 Å². The highest BCUT2D eigenvalue weighted by Gasteiger charge is 2.49. The molecule has 318 valence electrons. The Balaban J connectivity index is 0.000000282. The van der Waals surface area contributed by atoms with E-state index in [1.807, 2.05) is 67.5 Å². The molecule has 2 aliphatic rings. The van der Waals surface area contributed by atoms with Gasteiger partial charge in [0.1, 0.15) is 17.3 Å². The van der Waals surface area contributed by atoms with E-state index >= 15 is 0 Å². The minimum Gasteiger partial charge on any atom is -0.493 e. The average Bonchev–Trinajstić information content (AvgIpc) is 3.93. The van der Waals surface area contributed by atoms with E-state index in [2.05, 4.69) is 8.75 Å². The van der Waals surface area contributed by atoms with Crippen LogP contribution in [0, 0.1) is 0 Å². The molecule has 15 heteroatoms. The Kier molecular flexibility index (Phi) is 13.4. The maximum atomic E-state index is 13.6. The van der Waals surface area contributed by atoms with Gasteiger partial charge in [0.2, 0.25) is 18.3 Å². The summed E-state index contributed by atoms with van der Waals surface area (Å²) in [6.45, 7) is 15.4. The lowest BCUT2D eigenvalue weighted by Gasteiger charge is -2.26. The van der Waals surface area contributed by atoms with E-state index in [4.69, 9.17) is 42.6 Å². The zero-order valence-corrected chi connectivity index (χ0v) is 36.1. The lowest BCUT2D eigenvalue weighted by molar-refractivity contribution is -0.185. The number of nitrogens with zero attached hydrogens (tertiary/aromatic N) is 2. The van der Waals surface area contributed by atoms with E-state index in [1.54, 1.807) is 55.6 Å². The van der Waals surface area contributed by atoms with Crippen LogP contribution in [0.15, 0.2) is 66.2 Å². The summed E-state index contributed by atoms with van der Waals surface area (Å²) in [5, 5.41) is 12.2. The first kappa shape index (κ1) is 43.5. The summed E-state index contributed by atoms with van der Waals surface area (Å²) in [6.07, 6.45) is 0.595. The van der Waals surface area contributed by atoms with E-state index in [0.717, 1.165) is 18.0 Å². The SMILES string of the molecule is COc1cc(C=O)cc(OC(C)C)c1OC(C)C.COc1cc(CC2=C(c3ccc4nsnc4c3)C(=O)OC2(O)c2ccc3c(c2)OCO3)cc(OC(C)C)c1OC(C)C. The number of aldehydes is 1. The highest BCUT2D eigenvalue weighted by atomic mass is 32.1. The minimum absolute atomic E-state index is 0.00417. The van der Waals surface area contributed by atoms with Gasteiger partial charge in [0.25, 0.3) is 5.79 Å². The van der Waals surface area contributed by atoms with Gasteiger partial charge in [-0.1, -0.05) is 6.07 Å². The van der Waals surface area contributed by atoms with Gasteiger partial charge in [-0.25, -0.2) is 4.79 Å². The van der Waals surface area contributed by atoms with Crippen molar-refractivity contribution in [1.29, 1.82) is 0 Å². The second kappa shape index (κ2) is 18.5. The predicted molar refractivity (Wildman–Crippen MR) is 225 cm³/mol. The van der Waals surface area contributed by atoms with E-state index in [9.17, 15) is 14.7 Å². The summed E-state index contributed by atoms with van der Waals surface area (Å²) in [5.74, 6) is 1.22. The molecule has 0 amide bonds. The molecule has 60 heavy (non-hydrogen) atoms. The largest absolute Gasteiger partial charge is 0.493 e. The van der Waals surface area contributed by atoms with Crippen LogP contribution in [-0.2, 0) is 21.7 Å². The number of aromatic nitrogens is 2. The van der Waals surface area contributed by atoms with Crippen LogP contribution in [0.2, 0.25) is 0 Å². The smallest absolute Gasteiger partial charge is 0.342 e. The van der Waals surface area contributed by atoms with Crippen molar-refractivity contribution in [2.45, 2.75) is 92.0 Å². The van der Waals surface area contributed by atoms with Gasteiger partial charge < -0.3 is 47.7 Å². The monoisotopic (exact) mass is 842 g/mol. The fourth-order valence-electron chi connectivity index (χ4n) is 6.61. The standard InChI is InChI=1S/C31H30N2O8S.C14H20O4/c1-16(2)39-27-12-18(11-26(36-5)29(27)40-17(3)4)10-21-28(19-6-8-22-23(13-19)33-42-32-22)30(34)41-31(21,35)20-7-9-24-25(14-20)38-15-37-24;1-9(2)17-13-7-11(8-15)6-12(16-5)14(13)18-10(3)4/h6-9,11-14,16-17,35H,10,15H2,1-5H3;6-10H,1-5H3. The highest BCUT2D eigenvalue weighted by Crippen LogP contribution is 2.49. The molecule has 1 N–H and O–H groups in total. The number of benzene rings is 4. The molecule has 0 bridgehead atoms. The second-order valence-corrected chi connectivity index (χ2v) is 15.6. The van der Waals surface area contributed by atoms with Crippen LogP contribution in [0.25, 0.3) is 16.6 Å². The Morgan fingerprint density at radius 1 is 0.717 bits per heavy atom. The van der Waals surface area contributed by atoms with Crippen LogP contribution in [0.5, 0.6) is 46.0 Å². The van der Waals surface area contributed by atoms with Crippen molar-refractivity contribution in [1.82, 2.24) is 8.75 Å². The van der Waals surface area contributed by atoms with Gasteiger partial charge in [-0.3, -0.25) is 4.79 Å². The van der Waals surface area contributed by atoms with E-state index < -0.39 is 11.8 Å². The van der Waals surface area contributed by atoms with Crippen LogP contribution >= 0.6 is 11.7 Å². The third-order valence-electron chi connectivity index (χ3n) is 8.97. The molecule has 1 unspecified atom stereocenters. The average molecular weight is 843 g/mol. The normalized spacial score (nSPS) is 15.7. The van der Waals surface area contributed by atoms with Crippen molar-refractivity contribution in [3.8, 4) is 46.0 Å². The van der Waals surface area contributed by atoms with Crippen molar-refractivity contribution in [2.75, 3.05) is 21.0 Å². The highest BCUT2D eigenvalue weighted by molar-refractivity contribution is 7.00. The number of aliphatic hydroxyl groups is 1. The molecule has 0 spiro atoms. The van der Waals surface area contributed by atoms with Crippen LogP contribution in [-0.4, -0.2) is 71.5 Å². The number of carbonyl (C=O) groups is 2. The molecule has 0 saturated carbocycles. The van der Waals surface area contributed by atoms with Gasteiger partial charge in [-0.15, -0.1) is 0 Å².